The van der Waals surface area contributed by atoms with E-state index in [1.54, 1.807) is 20.8 Å². The van der Waals surface area contributed by atoms with Crippen molar-refractivity contribution >= 4 is 12.4 Å². The summed E-state index contributed by atoms with van der Waals surface area (Å²) >= 11 is 0. The second kappa shape index (κ2) is 6.52. The zero-order valence-corrected chi connectivity index (χ0v) is 13.3. The van der Waals surface area contributed by atoms with Gasteiger partial charge in [0.1, 0.15) is 29.1 Å². The van der Waals surface area contributed by atoms with E-state index in [-0.39, 0.29) is 24.7 Å². The van der Waals surface area contributed by atoms with E-state index in [2.05, 4.69) is 0 Å². The number of halogens is 2. The highest BCUT2D eigenvalue weighted by atomic mass is 19.1. The summed E-state index contributed by atoms with van der Waals surface area (Å²) in [5.74, 6) is -1.96. The molecule has 1 saturated heterocycles. The molecule has 1 amide bonds. The van der Waals surface area contributed by atoms with Crippen LogP contribution in [0.25, 0.3) is 0 Å². The van der Waals surface area contributed by atoms with Crippen LogP contribution in [0.5, 0.6) is 5.75 Å². The SMILES string of the molecule is CC(C)(C)OC(=O)N1CC[C@H](Oc2cc(F)c(C=O)c(F)c2)C1. The van der Waals surface area contributed by atoms with Gasteiger partial charge < -0.3 is 14.4 Å². The Hall–Kier alpha value is -2.18. The average Bonchev–Trinajstić information content (AvgIpc) is 2.85. The molecule has 0 saturated carbocycles. The van der Waals surface area contributed by atoms with Crippen LogP contribution in [0.3, 0.4) is 0 Å². The van der Waals surface area contributed by atoms with E-state index in [4.69, 9.17) is 9.47 Å². The minimum absolute atomic E-state index is 0.0124. The number of aldehydes is 1. The summed E-state index contributed by atoms with van der Waals surface area (Å²) in [6.45, 7) is 6.03. The standard InChI is InChI=1S/C16H19F2NO4/c1-16(2,3)23-15(21)19-5-4-10(8-19)22-11-6-13(17)12(9-20)14(18)7-11/h6-7,9-10H,4-5,8H2,1-3H3/t10-/m0/s1. The van der Waals surface area contributed by atoms with Crippen LogP contribution < -0.4 is 4.74 Å². The van der Waals surface area contributed by atoms with Gasteiger partial charge in [-0.2, -0.15) is 0 Å². The van der Waals surface area contributed by atoms with E-state index < -0.39 is 28.9 Å². The van der Waals surface area contributed by atoms with Crippen molar-refractivity contribution in [3.8, 4) is 5.75 Å². The maximum absolute atomic E-state index is 13.5. The molecular formula is C16H19F2NO4. The molecule has 5 nitrogen and oxygen atoms in total. The molecule has 0 aliphatic carbocycles. The maximum atomic E-state index is 13.5. The van der Waals surface area contributed by atoms with Crippen molar-refractivity contribution in [2.75, 3.05) is 13.1 Å². The first-order valence-electron chi connectivity index (χ1n) is 7.28. The van der Waals surface area contributed by atoms with Gasteiger partial charge in [-0.05, 0) is 20.8 Å². The molecule has 23 heavy (non-hydrogen) atoms. The van der Waals surface area contributed by atoms with Crippen LogP contribution >= 0.6 is 0 Å². The van der Waals surface area contributed by atoms with Gasteiger partial charge in [-0.25, -0.2) is 13.6 Å². The Balaban J connectivity index is 1.98. The van der Waals surface area contributed by atoms with Gasteiger partial charge in [-0.15, -0.1) is 0 Å². The van der Waals surface area contributed by atoms with Crippen LogP contribution in [0.1, 0.15) is 37.6 Å². The van der Waals surface area contributed by atoms with E-state index in [0.29, 0.717) is 13.0 Å². The van der Waals surface area contributed by atoms with Crippen molar-refractivity contribution in [3.05, 3.63) is 29.3 Å². The van der Waals surface area contributed by atoms with Crippen LogP contribution in [0.2, 0.25) is 0 Å². The van der Waals surface area contributed by atoms with Gasteiger partial charge in [0.15, 0.2) is 6.29 Å². The minimum Gasteiger partial charge on any atom is -0.488 e. The number of nitrogens with zero attached hydrogens (tertiary/aromatic N) is 1. The van der Waals surface area contributed by atoms with Crippen LogP contribution in [-0.4, -0.2) is 42.1 Å². The molecule has 1 fully saturated rings. The van der Waals surface area contributed by atoms with E-state index in [1.807, 2.05) is 0 Å². The summed E-state index contributed by atoms with van der Waals surface area (Å²) in [7, 11) is 0. The Labute approximate surface area is 133 Å². The zero-order chi connectivity index (χ0) is 17.2. The summed E-state index contributed by atoms with van der Waals surface area (Å²) < 4.78 is 37.8. The average molecular weight is 327 g/mol. The van der Waals surface area contributed by atoms with Crippen molar-refractivity contribution in [2.24, 2.45) is 0 Å². The predicted octanol–water partition coefficient (Wildman–Crippen LogP) is 3.17. The molecule has 126 valence electrons. The number of hydrogen-bond donors (Lipinski definition) is 0. The van der Waals surface area contributed by atoms with Crippen molar-refractivity contribution in [1.82, 2.24) is 4.90 Å². The van der Waals surface area contributed by atoms with Crippen LogP contribution in [0, 0.1) is 11.6 Å². The van der Waals surface area contributed by atoms with Gasteiger partial charge in [0.2, 0.25) is 0 Å². The fourth-order valence-electron chi connectivity index (χ4n) is 2.25. The van der Waals surface area contributed by atoms with Gasteiger partial charge in [-0.3, -0.25) is 4.79 Å². The number of benzene rings is 1. The smallest absolute Gasteiger partial charge is 0.410 e. The summed E-state index contributed by atoms with van der Waals surface area (Å²) in [6, 6.07) is 1.92. The molecule has 0 aromatic heterocycles. The van der Waals surface area contributed by atoms with E-state index in [0.717, 1.165) is 12.1 Å². The summed E-state index contributed by atoms with van der Waals surface area (Å²) in [5.41, 5.74) is -1.22. The molecule has 1 heterocycles. The number of ether oxygens (including phenoxy) is 2. The second-order valence-corrected chi connectivity index (χ2v) is 6.37. The van der Waals surface area contributed by atoms with Crippen molar-refractivity contribution in [3.63, 3.8) is 0 Å². The van der Waals surface area contributed by atoms with Gasteiger partial charge in [0, 0.05) is 25.1 Å². The molecule has 1 aliphatic heterocycles. The van der Waals surface area contributed by atoms with Gasteiger partial charge in [0.25, 0.3) is 0 Å². The summed E-state index contributed by atoms with van der Waals surface area (Å²) in [6.07, 6.45) is -0.188. The highest BCUT2D eigenvalue weighted by Crippen LogP contribution is 2.24. The van der Waals surface area contributed by atoms with Crippen molar-refractivity contribution < 1.29 is 27.8 Å². The fourth-order valence-corrected chi connectivity index (χ4v) is 2.25. The summed E-state index contributed by atoms with van der Waals surface area (Å²) in [5, 5.41) is 0. The van der Waals surface area contributed by atoms with Gasteiger partial charge in [-0.1, -0.05) is 0 Å². The fraction of sp³-hybridized carbons (Fsp3) is 0.500. The molecule has 1 aromatic carbocycles. The summed E-state index contributed by atoms with van der Waals surface area (Å²) in [4.78, 5) is 24.0. The van der Waals surface area contributed by atoms with Crippen molar-refractivity contribution in [2.45, 2.75) is 38.9 Å². The molecule has 0 radical (unpaired) electrons. The zero-order valence-electron chi connectivity index (χ0n) is 13.3. The highest BCUT2D eigenvalue weighted by molar-refractivity contribution is 5.76. The molecule has 2 rings (SSSR count). The largest absolute Gasteiger partial charge is 0.488 e. The molecular weight excluding hydrogens is 308 g/mol. The van der Waals surface area contributed by atoms with Crippen LogP contribution in [0.4, 0.5) is 13.6 Å². The maximum Gasteiger partial charge on any atom is 0.410 e. The Morgan fingerprint density at radius 1 is 1.30 bits per heavy atom. The normalized spacial score (nSPS) is 18.0. The van der Waals surface area contributed by atoms with Crippen molar-refractivity contribution in [1.29, 1.82) is 0 Å². The predicted molar refractivity (Wildman–Crippen MR) is 78.6 cm³/mol. The Morgan fingerprint density at radius 2 is 1.91 bits per heavy atom. The first-order valence-corrected chi connectivity index (χ1v) is 7.28. The molecule has 1 aliphatic rings. The van der Waals surface area contributed by atoms with Gasteiger partial charge >= 0.3 is 6.09 Å². The lowest BCUT2D eigenvalue weighted by Crippen LogP contribution is -2.36. The lowest BCUT2D eigenvalue weighted by molar-refractivity contribution is 0.0275. The lowest BCUT2D eigenvalue weighted by Gasteiger charge is -2.24. The van der Waals surface area contributed by atoms with Gasteiger partial charge in [0.05, 0.1) is 12.1 Å². The lowest BCUT2D eigenvalue weighted by atomic mass is 10.2. The third-order valence-electron chi connectivity index (χ3n) is 3.27. The minimum atomic E-state index is -0.975. The van der Waals surface area contributed by atoms with E-state index >= 15 is 0 Å². The second-order valence-electron chi connectivity index (χ2n) is 6.37. The molecule has 1 aromatic rings. The molecule has 1 atom stereocenters. The molecule has 7 heteroatoms. The molecule has 0 spiro atoms. The Morgan fingerprint density at radius 3 is 2.43 bits per heavy atom. The number of hydrogen-bond acceptors (Lipinski definition) is 4. The van der Waals surface area contributed by atoms with E-state index in [9.17, 15) is 18.4 Å². The molecule has 0 bridgehead atoms. The number of carbonyl (C=O) groups excluding carboxylic acids is 2. The first kappa shape index (κ1) is 17.2. The number of likely N-dealkylation sites (tertiary alicyclic amines) is 1. The highest BCUT2D eigenvalue weighted by Gasteiger charge is 2.31. The molecule has 0 unspecified atom stereocenters. The Bertz CT molecular complexity index is 590. The Kier molecular flexibility index (Phi) is 4.87. The topological polar surface area (TPSA) is 55.8 Å². The van der Waals surface area contributed by atoms with Crippen LogP contribution in [0.15, 0.2) is 12.1 Å². The molecule has 0 N–H and O–H groups in total. The third-order valence-corrected chi connectivity index (χ3v) is 3.27. The monoisotopic (exact) mass is 327 g/mol. The van der Waals surface area contributed by atoms with Crippen LogP contribution in [-0.2, 0) is 4.74 Å². The first-order chi connectivity index (χ1) is 10.7. The number of rotatable bonds is 3. The van der Waals surface area contributed by atoms with E-state index in [1.165, 1.54) is 4.90 Å². The third kappa shape index (κ3) is 4.40. The quantitative estimate of drug-likeness (QED) is 0.800. The number of amides is 1. The number of carbonyl (C=O) groups is 2.